The van der Waals surface area contributed by atoms with E-state index in [0.717, 1.165) is 24.3 Å². The highest BCUT2D eigenvalue weighted by atomic mass is 32.1. The van der Waals surface area contributed by atoms with Gasteiger partial charge in [-0.25, -0.2) is 0 Å². The minimum Gasteiger partial charge on any atom is -0.397 e. The Morgan fingerprint density at radius 2 is 1.75 bits per heavy atom. The van der Waals surface area contributed by atoms with Crippen molar-refractivity contribution in [2.24, 2.45) is 0 Å². The molecule has 0 aromatic heterocycles. The highest BCUT2D eigenvalue weighted by Gasteiger charge is 2.34. The summed E-state index contributed by atoms with van der Waals surface area (Å²) >= 11 is 4.25. The van der Waals surface area contributed by atoms with Crippen LogP contribution in [0.1, 0.15) is 12.0 Å². The van der Waals surface area contributed by atoms with E-state index in [9.17, 15) is 0 Å². The molecule has 0 atom stereocenters. The summed E-state index contributed by atoms with van der Waals surface area (Å²) in [6.45, 7) is 0. The maximum atomic E-state index is 5.68. The molecule has 0 fully saturated rings. The molecule has 0 amide bonds. The Balaban J connectivity index is 2.70. The molecule has 1 aromatic carbocycles. The number of hydrogen-bond acceptors (Lipinski definition) is 3. The summed E-state index contributed by atoms with van der Waals surface area (Å²) in [7, 11) is 1.47. The second kappa shape index (κ2) is 7.11. The van der Waals surface area contributed by atoms with E-state index in [2.05, 4.69) is 36.9 Å². The molecular weight excluding hydrogens is 236 g/mol. The van der Waals surface area contributed by atoms with Gasteiger partial charge in [0.2, 0.25) is 0 Å². The number of rotatable bonds is 7. The highest BCUT2D eigenvalue weighted by molar-refractivity contribution is 7.80. The van der Waals surface area contributed by atoms with Gasteiger partial charge in [-0.15, -0.1) is 0 Å². The largest absolute Gasteiger partial charge is 0.397 e. The van der Waals surface area contributed by atoms with Crippen LogP contribution in [0, 0.1) is 0 Å². The third-order valence-electron chi connectivity index (χ3n) is 2.78. The molecule has 4 heteroatoms. The fourth-order valence-electron chi connectivity index (χ4n) is 1.78. The van der Waals surface area contributed by atoms with Crippen molar-refractivity contribution in [3.8, 4) is 0 Å². The van der Waals surface area contributed by atoms with Gasteiger partial charge in [0.15, 0.2) is 0 Å². The molecule has 0 saturated carbocycles. The van der Waals surface area contributed by atoms with Gasteiger partial charge in [-0.3, -0.25) is 0 Å². The Kier molecular flexibility index (Phi) is 6.12. The Morgan fingerprint density at radius 1 is 1.12 bits per heavy atom. The van der Waals surface area contributed by atoms with E-state index in [4.69, 9.17) is 8.85 Å². The monoisotopic (exact) mass is 256 g/mol. The summed E-state index contributed by atoms with van der Waals surface area (Å²) < 4.78 is 11.4. The molecule has 0 heterocycles. The molecule has 1 aromatic rings. The van der Waals surface area contributed by atoms with Crippen molar-refractivity contribution in [3.63, 3.8) is 0 Å². The van der Waals surface area contributed by atoms with Gasteiger partial charge in [-0.05, 0) is 23.8 Å². The summed E-state index contributed by atoms with van der Waals surface area (Å²) in [5.41, 5.74) is 1.29. The van der Waals surface area contributed by atoms with Crippen molar-refractivity contribution in [3.05, 3.63) is 35.9 Å². The van der Waals surface area contributed by atoms with Crippen molar-refractivity contribution in [1.29, 1.82) is 0 Å². The highest BCUT2D eigenvalue weighted by Crippen LogP contribution is 2.20. The molecule has 0 saturated heterocycles. The Bertz CT molecular complexity index is 288. The van der Waals surface area contributed by atoms with E-state index in [1.807, 2.05) is 6.07 Å². The molecule has 0 unspecified atom stereocenters. The summed E-state index contributed by atoms with van der Waals surface area (Å²) in [4.78, 5) is 0. The minimum atomic E-state index is -2.05. The molecule has 0 spiro atoms. The van der Waals surface area contributed by atoms with Gasteiger partial charge in [0.05, 0.1) is 0 Å². The summed E-state index contributed by atoms with van der Waals surface area (Å²) in [5.74, 6) is 0.885. The van der Waals surface area contributed by atoms with Gasteiger partial charge in [-0.2, -0.15) is 12.6 Å². The molecule has 0 bridgehead atoms. The lowest BCUT2D eigenvalue weighted by Gasteiger charge is -2.27. The van der Waals surface area contributed by atoms with E-state index < -0.39 is 8.56 Å². The van der Waals surface area contributed by atoms with Gasteiger partial charge < -0.3 is 8.85 Å². The topological polar surface area (TPSA) is 18.5 Å². The molecule has 16 heavy (non-hydrogen) atoms. The first-order valence-electron chi connectivity index (χ1n) is 5.51. The maximum absolute atomic E-state index is 5.68. The molecule has 0 aliphatic rings. The average molecular weight is 256 g/mol. The van der Waals surface area contributed by atoms with Crippen molar-refractivity contribution in [2.45, 2.75) is 18.5 Å². The summed E-state index contributed by atoms with van der Waals surface area (Å²) in [6.07, 6.45) is 1.05. The fourth-order valence-corrected chi connectivity index (χ4v) is 4.84. The number of thiol groups is 1. The average Bonchev–Trinajstić information content (AvgIpc) is 2.36. The van der Waals surface area contributed by atoms with Gasteiger partial charge in [0.25, 0.3) is 0 Å². The zero-order valence-corrected chi connectivity index (χ0v) is 11.9. The predicted octanol–water partition coefficient (Wildman–Crippen LogP) is 2.82. The Labute approximate surface area is 105 Å². The SMILES string of the molecule is CO[Si](CCCS)(Cc1ccccc1)OC. The van der Waals surface area contributed by atoms with Crippen LogP contribution < -0.4 is 0 Å². The molecule has 2 nitrogen and oxygen atoms in total. The van der Waals surface area contributed by atoms with E-state index in [-0.39, 0.29) is 0 Å². The van der Waals surface area contributed by atoms with Crippen molar-refractivity contribution in [1.82, 2.24) is 0 Å². The van der Waals surface area contributed by atoms with Gasteiger partial charge >= 0.3 is 8.56 Å². The van der Waals surface area contributed by atoms with Crippen LogP contribution in [0.15, 0.2) is 30.3 Å². The zero-order valence-electron chi connectivity index (χ0n) is 9.98. The molecule has 0 N–H and O–H groups in total. The van der Waals surface area contributed by atoms with Crippen molar-refractivity contribution >= 4 is 21.2 Å². The van der Waals surface area contributed by atoms with E-state index in [1.54, 1.807) is 14.2 Å². The first-order valence-corrected chi connectivity index (χ1v) is 8.38. The van der Waals surface area contributed by atoms with Crippen LogP contribution in [0.25, 0.3) is 0 Å². The molecule has 90 valence electrons. The van der Waals surface area contributed by atoms with Gasteiger partial charge in [0.1, 0.15) is 0 Å². The normalized spacial score (nSPS) is 11.7. The third-order valence-corrected chi connectivity index (χ3v) is 6.64. The summed E-state index contributed by atoms with van der Waals surface area (Å²) in [6, 6.07) is 12.3. The Hall–Kier alpha value is -0.293. The molecule has 0 aliphatic heterocycles. The van der Waals surface area contributed by atoms with Crippen LogP contribution in [0.4, 0.5) is 0 Å². The van der Waals surface area contributed by atoms with Crippen LogP contribution in [-0.2, 0) is 14.9 Å². The van der Waals surface area contributed by atoms with Crippen LogP contribution in [0.2, 0.25) is 6.04 Å². The Morgan fingerprint density at radius 3 is 2.25 bits per heavy atom. The van der Waals surface area contributed by atoms with Crippen molar-refractivity contribution in [2.75, 3.05) is 20.0 Å². The van der Waals surface area contributed by atoms with Gasteiger partial charge in [0, 0.05) is 20.3 Å². The number of benzene rings is 1. The molecular formula is C12H20O2SSi. The minimum absolute atomic E-state index is 0.885. The van der Waals surface area contributed by atoms with Crippen LogP contribution in [-0.4, -0.2) is 28.5 Å². The van der Waals surface area contributed by atoms with E-state index in [1.165, 1.54) is 5.56 Å². The molecule has 0 aliphatic carbocycles. The quantitative estimate of drug-likeness (QED) is 0.597. The van der Waals surface area contributed by atoms with Crippen molar-refractivity contribution < 1.29 is 8.85 Å². The second-order valence-corrected chi connectivity index (χ2v) is 7.75. The lowest BCUT2D eigenvalue weighted by molar-refractivity contribution is 0.240. The smallest absolute Gasteiger partial charge is 0.342 e. The van der Waals surface area contributed by atoms with Crippen LogP contribution in [0.5, 0.6) is 0 Å². The number of hydrogen-bond donors (Lipinski definition) is 1. The lowest BCUT2D eigenvalue weighted by atomic mass is 10.2. The lowest BCUT2D eigenvalue weighted by Crippen LogP contribution is -2.43. The van der Waals surface area contributed by atoms with Crippen LogP contribution >= 0.6 is 12.6 Å². The van der Waals surface area contributed by atoms with E-state index >= 15 is 0 Å². The van der Waals surface area contributed by atoms with E-state index in [0.29, 0.717) is 0 Å². The first-order chi connectivity index (χ1) is 7.76. The second-order valence-electron chi connectivity index (χ2n) is 3.81. The molecule has 0 radical (unpaired) electrons. The predicted molar refractivity (Wildman–Crippen MR) is 73.2 cm³/mol. The summed E-state index contributed by atoms with van der Waals surface area (Å²) in [5, 5.41) is 0. The molecule has 1 rings (SSSR count). The third kappa shape index (κ3) is 3.94. The van der Waals surface area contributed by atoms with Gasteiger partial charge in [-0.1, -0.05) is 30.3 Å². The fraction of sp³-hybridized carbons (Fsp3) is 0.500. The maximum Gasteiger partial charge on any atom is 0.342 e. The van der Waals surface area contributed by atoms with Crippen LogP contribution in [0.3, 0.4) is 0 Å². The standard InChI is InChI=1S/C12H20O2SSi/c1-13-16(14-2,10-6-9-15)11-12-7-4-3-5-8-12/h3-5,7-8,15H,6,9-11H2,1-2H3. The first kappa shape index (κ1) is 13.8. The zero-order chi connectivity index (χ0) is 11.9.